The highest BCUT2D eigenvalue weighted by Gasteiger charge is 2.09. The van der Waals surface area contributed by atoms with Crippen LogP contribution in [0.3, 0.4) is 0 Å². The van der Waals surface area contributed by atoms with Crippen LogP contribution in [0.25, 0.3) is 0 Å². The number of benzene rings is 1. The second kappa shape index (κ2) is 6.61. The molecule has 17 heavy (non-hydrogen) atoms. The number of rotatable bonds is 6. The Labute approximate surface area is 98.8 Å². The van der Waals surface area contributed by atoms with Gasteiger partial charge in [-0.1, -0.05) is 0 Å². The molecule has 0 aliphatic carbocycles. The first-order chi connectivity index (χ1) is 8.04. The van der Waals surface area contributed by atoms with Crippen LogP contribution in [0.5, 0.6) is 0 Å². The molecule has 0 bridgehead atoms. The third kappa shape index (κ3) is 4.36. The molecule has 0 saturated carbocycles. The number of ether oxygens (including phenoxy) is 1. The molecule has 0 aliphatic rings. The van der Waals surface area contributed by atoms with Crippen LogP contribution in [0, 0.1) is 17.5 Å². The second-order valence-corrected chi connectivity index (χ2v) is 3.75. The summed E-state index contributed by atoms with van der Waals surface area (Å²) in [4.78, 5) is 0. The fraction of sp³-hybridized carbons (Fsp3) is 0.500. The van der Waals surface area contributed by atoms with Crippen molar-refractivity contribution >= 4 is 0 Å². The van der Waals surface area contributed by atoms with Gasteiger partial charge in [0.1, 0.15) is 5.82 Å². The molecule has 0 aromatic heterocycles. The summed E-state index contributed by atoms with van der Waals surface area (Å²) in [7, 11) is 0. The molecule has 1 aromatic rings. The van der Waals surface area contributed by atoms with Gasteiger partial charge in [0.2, 0.25) is 0 Å². The molecule has 5 heteroatoms. The van der Waals surface area contributed by atoms with Crippen molar-refractivity contribution in [3.63, 3.8) is 0 Å². The Morgan fingerprint density at radius 3 is 2.47 bits per heavy atom. The fourth-order valence-electron chi connectivity index (χ4n) is 1.45. The standard InChI is InChI=1S/C12H16F3NO/c1-3-17-8(2)6-16-7-9-4-11(14)12(15)5-10(9)13/h4-5,8,16H,3,6-7H2,1-2H3. The van der Waals surface area contributed by atoms with E-state index >= 15 is 0 Å². The first-order valence-corrected chi connectivity index (χ1v) is 5.50. The van der Waals surface area contributed by atoms with Crippen LogP contribution in [-0.2, 0) is 11.3 Å². The molecule has 1 atom stereocenters. The predicted octanol–water partition coefficient (Wildman–Crippen LogP) is 2.62. The van der Waals surface area contributed by atoms with E-state index in [1.807, 2.05) is 13.8 Å². The highest BCUT2D eigenvalue weighted by atomic mass is 19.2. The average molecular weight is 247 g/mol. The Bertz CT molecular complexity index is 371. The maximum atomic E-state index is 13.2. The van der Waals surface area contributed by atoms with Gasteiger partial charge < -0.3 is 10.1 Å². The van der Waals surface area contributed by atoms with Gasteiger partial charge in [0, 0.05) is 31.3 Å². The van der Waals surface area contributed by atoms with E-state index in [2.05, 4.69) is 5.32 Å². The van der Waals surface area contributed by atoms with E-state index in [0.717, 1.165) is 6.07 Å². The van der Waals surface area contributed by atoms with Gasteiger partial charge in [0.25, 0.3) is 0 Å². The minimum absolute atomic E-state index is 0.00615. The Kier molecular flexibility index (Phi) is 5.44. The van der Waals surface area contributed by atoms with Gasteiger partial charge in [-0.2, -0.15) is 0 Å². The number of hydrogen-bond acceptors (Lipinski definition) is 2. The summed E-state index contributed by atoms with van der Waals surface area (Å²) >= 11 is 0. The smallest absolute Gasteiger partial charge is 0.161 e. The zero-order valence-corrected chi connectivity index (χ0v) is 9.90. The highest BCUT2D eigenvalue weighted by molar-refractivity contribution is 5.19. The summed E-state index contributed by atoms with van der Waals surface area (Å²) in [6, 6.07) is 1.42. The monoisotopic (exact) mass is 247 g/mol. The molecule has 0 fully saturated rings. The lowest BCUT2D eigenvalue weighted by molar-refractivity contribution is 0.0759. The van der Waals surface area contributed by atoms with E-state index in [1.54, 1.807) is 0 Å². The van der Waals surface area contributed by atoms with E-state index in [4.69, 9.17) is 4.74 Å². The van der Waals surface area contributed by atoms with Crippen molar-refractivity contribution in [2.75, 3.05) is 13.2 Å². The molecule has 96 valence electrons. The molecule has 0 spiro atoms. The fourth-order valence-corrected chi connectivity index (χ4v) is 1.45. The maximum absolute atomic E-state index is 13.2. The van der Waals surface area contributed by atoms with Gasteiger partial charge in [0.05, 0.1) is 6.10 Å². The van der Waals surface area contributed by atoms with E-state index in [9.17, 15) is 13.2 Å². The summed E-state index contributed by atoms with van der Waals surface area (Å²) in [5, 5.41) is 2.92. The molecule has 1 unspecified atom stereocenters. The molecule has 0 amide bonds. The van der Waals surface area contributed by atoms with Crippen LogP contribution in [0.1, 0.15) is 19.4 Å². The largest absolute Gasteiger partial charge is 0.377 e. The van der Waals surface area contributed by atoms with Crippen molar-refractivity contribution in [2.24, 2.45) is 0 Å². The van der Waals surface area contributed by atoms with Crippen molar-refractivity contribution in [2.45, 2.75) is 26.5 Å². The Morgan fingerprint density at radius 2 is 1.82 bits per heavy atom. The van der Waals surface area contributed by atoms with Gasteiger partial charge in [-0.25, -0.2) is 13.2 Å². The third-order valence-electron chi connectivity index (χ3n) is 2.29. The van der Waals surface area contributed by atoms with Gasteiger partial charge in [-0.15, -0.1) is 0 Å². The molecular weight excluding hydrogens is 231 g/mol. The van der Waals surface area contributed by atoms with Gasteiger partial charge >= 0.3 is 0 Å². The normalized spacial score (nSPS) is 12.8. The van der Waals surface area contributed by atoms with E-state index in [1.165, 1.54) is 0 Å². The lowest BCUT2D eigenvalue weighted by Crippen LogP contribution is -2.26. The first-order valence-electron chi connectivity index (χ1n) is 5.50. The molecule has 1 N–H and O–H groups in total. The molecule has 2 nitrogen and oxygen atoms in total. The summed E-state index contributed by atoms with van der Waals surface area (Å²) in [5.74, 6) is -2.96. The molecule has 0 saturated heterocycles. The zero-order valence-electron chi connectivity index (χ0n) is 9.90. The van der Waals surface area contributed by atoms with Gasteiger partial charge in [0.15, 0.2) is 11.6 Å². The number of hydrogen-bond donors (Lipinski definition) is 1. The van der Waals surface area contributed by atoms with Crippen LogP contribution in [-0.4, -0.2) is 19.3 Å². The molecule has 0 heterocycles. The Morgan fingerprint density at radius 1 is 1.18 bits per heavy atom. The minimum Gasteiger partial charge on any atom is -0.377 e. The molecule has 0 aliphatic heterocycles. The van der Waals surface area contributed by atoms with Crippen molar-refractivity contribution in [3.8, 4) is 0 Å². The van der Waals surface area contributed by atoms with E-state index < -0.39 is 17.5 Å². The maximum Gasteiger partial charge on any atom is 0.161 e. The molecule has 1 aromatic carbocycles. The quantitative estimate of drug-likeness (QED) is 0.780. The van der Waals surface area contributed by atoms with E-state index in [0.29, 0.717) is 19.2 Å². The Hall–Kier alpha value is -1.07. The average Bonchev–Trinajstić information content (AvgIpc) is 2.26. The van der Waals surface area contributed by atoms with Crippen molar-refractivity contribution < 1.29 is 17.9 Å². The summed E-state index contributed by atoms with van der Waals surface area (Å²) in [6.45, 7) is 5.01. The van der Waals surface area contributed by atoms with Crippen LogP contribution in [0.15, 0.2) is 12.1 Å². The lowest BCUT2D eigenvalue weighted by Gasteiger charge is -2.12. The SMILES string of the molecule is CCOC(C)CNCc1cc(F)c(F)cc1F. The van der Waals surface area contributed by atoms with Crippen molar-refractivity contribution in [1.29, 1.82) is 0 Å². The predicted molar refractivity (Wildman–Crippen MR) is 59.1 cm³/mol. The molecule has 0 radical (unpaired) electrons. The van der Waals surface area contributed by atoms with Crippen LogP contribution in [0.4, 0.5) is 13.2 Å². The summed E-state index contributed by atoms with van der Waals surface area (Å²) in [5.41, 5.74) is 0.104. The van der Waals surface area contributed by atoms with Crippen LogP contribution < -0.4 is 5.32 Å². The summed E-state index contributed by atoms with van der Waals surface area (Å²) in [6.07, 6.45) is -0.00615. The van der Waals surface area contributed by atoms with Gasteiger partial charge in [-0.3, -0.25) is 0 Å². The van der Waals surface area contributed by atoms with Crippen molar-refractivity contribution in [1.82, 2.24) is 5.32 Å². The van der Waals surface area contributed by atoms with Crippen LogP contribution >= 0.6 is 0 Å². The number of nitrogens with one attached hydrogen (secondary N) is 1. The van der Waals surface area contributed by atoms with Gasteiger partial charge in [-0.05, 0) is 19.9 Å². The third-order valence-corrected chi connectivity index (χ3v) is 2.29. The second-order valence-electron chi connectivity index (χ2n) is 3.75. The van der Waals surface area contributed by atoms with Crippen LogP contribution in [0.2, 0.25) is 0 Å². The molecular formula is C12H16F3NO. The molecule has 1 rings (SSSR count). The summed E-state index contributed by atoms with van der Waals surface area (Å²) < 4.78 is 44.0. The topological polar surface area (TPSA) is 21.3 Å². The minimum atomic E-state index is -1.17. The first kappa shape index (κ1) is 14.0. The highest BCUT2D eigenvalue weighted by Crippen LogP contribution is 2.13. The number of halogens is 3. The van der Waals surface area contributed by atoms with E-state index in [-0.39, 0.29) is 18.2 Å². The lowest BCUT2D eigenvalue weighted by atomic mass is 10.2. The van der Waals surface area contributed by atoms with Crippen molar-refractivity contribution in [3.05, 3.63) is 35.1 Å². The Balaban J connectivity index is 2.49. The zero-order chi connectivity index (χ0) is 12.8.